The first kappa shape index (κ1) is 13.0. The minimum Gasteiger partial charge on any atom is -0.468 e. The molecule has 0 radical (unpaired) electrons. The first-order valence-corrected chi connectivity index (χ1v) is 5.03. The van der Waals surface area contributed by atoms with Crippen LogP contribution in [-0.2, 0) is 15.7 Å². The quantitative estimate of drug-likeness (QED) is 0.622. The lowest BCUT2D eigenvalue weighted by Crippen LogP contribution is -2.11. The molecular weight excluding hydrogens is 291 g/mol. The van der Waals surface area contributed by atoms with Gasteiger partial charge in [-0.15, -0.1) is 0 Å². The second kappa shape index (κ2) is 4.82. The standard InChI is InChI=1S/C9H7BrF3NO2/c1-16-8(15)7(10)6-3-2-5(4-14-6)9(11,12)13/h2-4,7H,1H3. The zero-order valence-electron chi connectivity index (χ0n) is 8.08. The fourth-order valence-corrected chi connectivity index (χ4v) is 1.40. The van der Waals surface area contributed by atoms with Crippen LogP contribution in [0, 0.1) is 0 Å². The molecule has 0 amide bonds. The SMILES string of the molecule is COC(=O)C(Br)c1ccc(C(F)(F)F)cn1. The molecule has 0 saturated heterocycles. The lowest BCUT2D eigenvalue weighted by molar-refractivity contribution is -0.140. The Bertz CT molecular complexity index is 377. The molecule has 3 nitrogen and oxygen atoms in total. The van der Waals surface area contributed by atoms with Gasteiger partial charge in [-0.3, -0.25) is 9.78 Å². The molecule has 1 aromatic rings. The van der Waals surface area contributed by atoms with Crippen LogP contribution in [-0.4, -0.2) is 18.1 Å². The number of alkyl halides is 4. The second-order valence-electron chi connectivity index (χ2n) is 2.86. The highest BCUT2D eigenvalue weighted by molar-refractivity contribution is 9.09. The Morgan fingerprint density at radius 1 is 1.50 bits per heavy atom. The highest BCUT2D eigenvalue weighted by Gasteiger charge is 2.31. The Hall–Kier alpha value is -1.11. The van der Waals surface area contributed by atoms with Gasteiger partial charge in [-0.2, -0.15) is 13.2 Å². The van der Waals surface area contributed by atoms with Crippen LogP contribution in [0.4, 0.5) is 13.2 Å². The summed E-state index contributed by atoms with van der Waals surface area (Å²) in [4.78, 5) is 13.7. The number of pyridine rings is 1. The number of aromatic nitrogens is 1. The van der Waals surface area contributed by atoms with Crippen LogP contribution in [0.25, 0.3) is 0 Å². The van der Waals surface area contributed by atoms with Gasteiger partial charge in [0.2, 0.25) is 0 Å². The molecule has 1 atom stereocenters. The molecule has 0 N–H and O–H groups in total. The van der Waals surface area contributed by atoms with Crippen LogP contribution in [0.1, 0.15) is 16.1 Å². The van der Waals surface area contributed by atoms with E-state index in [1.165, 1.54) is 7.11 Å². The molecule has 0 aromatic carbocycles. The van der Waals surface area contributed by atoms with E-state index >= 15 is 0 Å². The van der Waals surface area contributed by atoms with Crippen molar-refractivity contribution in [2.75, 3.05) is 7.11 Å². The molecule has 1 unspecified atom stereocenters. The maximum Gasteiger partial charge on any atom is 0.417 e. The van der Waals surface area contributed by atoms with E-state index < -0.39 is 22.5 Å². The third-order valence-electron chi connectivity index (χ3n) is 1.78. The van der Waals surface area contributed by atoms with Crippen molar-refractivity contribution >= 4 is 21.9 Å². The average Bonchev–Trinajstić information content (AvgIpc) is 2.26. The number of halogens is 4. The summed E-state index contributed by atoms with van der Waals surface area (Å²) in [6.45, 7) is 0. The zero-order valence-corrected chi connectivity index (χ0v) is 9.67. The lowest BCUT2D eigenvalue weighted by atomic mass is 10.2. The molecule has 0 spiro atoms. The Balaban J connectivity index is 2.91. The van der Waals surface area contributed by atoms with Crippen LogP contribution >= 0.6 is 15.9 Å². The van der Waals surface area contributed by atoms with Gasteiger partial charge in [0.1, 0.15) is 0 Å². The summed E-state index contributed by atoms with van der Waals surface area (Å²) >= 11 is 2.97. The summed E-state index contributed by atoms with van der Waals surface area (Å²) in [5.41, 5.74) is -0.694. The highest BCUT2D eigenvalue weighted by atomic mass is 79.9. The Morgan fingerprint density at radius 3 is 2.50 bits per heavy atom. The average molecular weight is 298 g/mol. The monoisotopic (exact) mass is 297 g/mol. The third kappa shape index (κ3) is 2.94. The van der Waals surface area contributed by atoms with Crippen molar-refractivity contribution in [3.05, 3.63) is 29.6 Å². The van der Waals surface area contributed by atoms with E-state index in [1.54, 1.807) is 0 Å². The van der Waals surface area contributed by atoms with E-state index in [2.05, 4.69) is 25.7 Å². The van der Waals surface area contributed by atoms with E-state index in [1.807, 2.05) is 0 Å². The van der Waals surface area contributed by atoms with Crippen molar-refractivity contribution < 1.29 is 22.7 Å². The van der Waals surface area contributed by atoms with Crippen LogP contribution in [0.3, 0.4) is 0 Å². The van der Waals surface area contributed by atoms with Crippen molar-refractivity contribution in [3.8, 4) is 0 Å². The molecule has 88 valence electrons. The lowest BCUT2D eigenvalue weighted by Gasteiger charge is -2.09. The van der Waals surface area contributed by atoms with Crippen molar-refractivity contribution in [1.29, 1.82) is 0 Å². The van der Waals surface area contributed by atoms with Crippen molar-refractivity contribution in [1.82, 2.24) is 4.98 Å². The van der Waals surface area contributed by atoms with E-state index in [-0.39, 0.29) is 5.69 Å². The van der Waals surface area contributed by atoms with E-state index in [4.69, 9.17) is 0 Å². The second-order valence-corrected chi connectivity index (χ2v) is 3.77. The Morgan fingerprint density at radius 2 is 2.12 bits per heavy atom. The van der Waals surface area contributed by atoms with Gasteiger partial charge in [-0.1, -0.05) is 15.9 Å². The van der Waals surface area contributed by atoms with Crippen molar-refractivity contribution in [2.45, 2.75) is 11.0 Å². The number of carbonyl (C=O) groups excluding carboxylic acids is 1. The van der Waals surface area contributed by atoms with Gasteiger partial charge in [0, 0.05) is 6.20 Å². The Labute approximate surface area is 97.8 Å². The molecule has 0 aliphatic heterocycles. The molecule has 0 aliphatic carbocycles. The predicted octanol–water partition coefficient (Wildman–Crippen LogP) is 2.71. The number of hydrogen-bond donors (Lipinski definition) is 0. The van der Waals surface area contributed by atoms with Crippen LogP contribution < -0.4 is 0 Å². The number of esters is 1. The molecule has 7 heteroatoms. The zero-order chi connectivity index (χ0) is 12.3. The van der Waals surface area contributed by atoms with Gasteiger partial charge < -0.3 is 4.74 Å². The highest BCUT2D eigenvalue weighted by Crippen LogP contribution is 2.30. The van der Waals surface area contributed by atoms with E-state index in [9.17, 15) is 18.0 Å². The summed E-state index contributed by atoms with van der Waals surface area (Å²) < 4.78 is 41.0. The molecule has 0 aliphatic rings. The van der Waals surface area contributed by atoms with Gasteiger partial charge in [0.05, 0.1) is 18.4 Å². The van der Waals surface area contributed by atoms with E-state index in [0.717, 1.165) is 12.1 Å². The van der Waals surface area contributed by atoms with Crippen LogP contribution in [0.15, 0.2) is 18.3 Å². The van der Waals surface area contributed by atoms with Gasteiger partial charge in [0.25, 0.3) is 0 Å². The van der Waals surface area contributed by atoms with Gasteiger partial charge in [-0.05, 0) is 12.1 Å². The van der Waals surface area contributed by atoms with E-state index in [0.29, 0.717) is 6.20 Å². The van der Waals surface area contributed by atoms with Crippen LogP contribution in [0.5, 0.6) is 0 Å². The summed E-state index contributed by atoms with van der Waals surface area (Å²) in [5.74, 6) is -0.618. The predicted molar refractivity (Wildman–Crippen MR) is 52.9 cm³/mol. The Kier molecular flexibility index (Phi) is 3.90. The normalized spacial score (nSPS) is 13.3. The number of hydrogen-bond acceptors (Lipinski definition) is 3. The smallest absolute Gasteiger partial charge is 0.417 e. The molecule has 16 heavy (non-hydrogen) atoms. The molecular formula is C9H7BrF3NO2. The number of methoxy groups -OCH3 is 1. The fraction of sp³-hybridized carbons (Fsp3) is 0.333. The number of nitrogens with zero attached hydrogens (tertiary/aromatic N) is 1. The van der Waals surface area contributed by atoms with Crippen molar-refractivity contribution in [3.63, 3.8) is 0 Å². The summed E-state index contributed by atoms with van der Waals surface area (Å²) in [6.07, 6.45) is -3.76. The van der Waals surface area contributed by atoms with Gasteiger partial charge in [0.15, 0.2) is 4.83 Å². The minimum absolute atomic E-state index is 0.167. The molecule has 0 saturated carbocycles. The molecule has 1 aromatic heterocycles. The number of rotatable bonds is 2. The minimum atomic E-state index is -4.43. The van der Waals surface area contributed by atoms with Gasteiger partial charge >= 0.3 is 12.1 Å². The summed E-state index contributed by atoms with van der Waals surface area (Å²) in [6, 6.07) is 1.98. The summed E-state index contributed by atoms with van der Waals surface area (Å²) in [5, 5.41) is 0. The maximum atomic E-state index is 12.2. The fourth-order valence-electron chi connectivity index (χ4n) is 0.947. The van der Waals surface area contributed by atoms with Crippen molar-refractivity contribution in [2.24, 2.45) is 0 Å². The molecule has 0 fully saturated rings. The first-order valence-electron chi connectivity index (χ1n) is 4.11. The molecule has 1 heterocycles. The van der Waals surface area contributed by atoms with Crippen LogP contribution in [0.2, 0.25) is 0 Å². The topological polar surface area (TPSA) is 39.2 Å². The first-order chi connectivity index (χ1) is 7.36. The third-order valence-corrected chi connectivity index (χ3v) is 2.62. The summed E-state index contributed by atoms with van der Waals surface area (Å²) in [7, 11) is 1.18. The number of carbonyl (C=O) groups is 1. The largest absolute Gasteiger partial charge is 0.468 e. The number of ether oxygens (including phenoxy) is 1. The van der Waals surface area contributed by atoms with Gasteiger partial charge in [-0.25, -0.2) is 0 Å². The maximum absolute atomic E-state index is 12.2. The molecule has 0 bridgehead atoms. The molecule has 1 rings (SSSR count).